The summed E-state index contributed by atoms with van der Waals surface area (Å²) in [5, 5.41) is 8.10. The molecule has 1 aliphatic rings. The Morgan fingerprint density at radius 1 is 1.12 bits per heavy atom. The van der Waals surface area contributed by atoms with Crippen molar-refractivity contribution >= 4 is 34.9 Å². The van der Waals surface area contributed by atoms with Crippen LogP contribution in [0.25, 0.3) is 0 Å². The minimum atomic E-state index is -1.10. The number of nitrogens with one attached hydrogen (secondary N) is 1. The summed E-state index contributed by atoms with van der Waals surface area (Å²) < 4.78 is 18.5. The predicted octanol–water partition coefficient (Wildman–Crippen LogP) is 3.11. The Balaban J connectivity index is 1.65. The highest BCUT2D eigenvalue weighted by Gasteiger charge is 2.36. The van der Waals surface area contributed by atoms with Crippen LogP contribution >= 0.6 is 0 Å². The van der Waals surface area contributed by atoms with Gasteiger partial charge in [0.25, 0.3) is 5.91 Å². The van der Waals surface area contributed by atoms with Crippen molar-refractivity contribution in [3.63, 3.8) is 0 Å². The second kappa shape index (κ2) is 9.40. The lowest BCUT2D eigenvalue weighted by Gasteiger charge is -2.20. The lowest BCUT2D eigenvalue weighted by atomic mass is 9.87. The molecule has 33 heavy (non-hydrogen) atoms. The molecule has 3 N–H and O–H groups in total. The van der Waals surface area contributed by atoms with Crippen LogP contribution in [0.2, 0.25) is 0 Å². The molecule has 0 radical (unpaired) electrons. The average molecular weight is 455 g/mol. The first-order valence-corrected chi connectivity index (χ1v) is 10.5. The lowest BCUT2D eigenvalue weighted by Crippen LogP contribution is -2.39. The molecular weight excluding hydrogens is 427 g/mol. The van der Waals surface area contributed by atoms with Gasteiger partial charge in [0, 0.05) is 12.1 Å². The largest absolute Gasteiger partial charge is 0.448 e. The summed E-state index contributed by atoms with van der Waals surface area (Å²) in [6.07, 6.45) is -1.19. The average Bonchev–Trinajstić information content (AvgIpc) is 3.20. The molecular formula is C24H27FN4O4. The Hall–Kier alpha value is -3.75. The molecule has 174 valence electrons. The van der Waals surface area contributed by atoms with Gasteiger partial charge in [0.2, 0.25) is 5.91 Å². The monoisotopic (exact) mass is 454 g/mol. The number of carbonyl (C=O) groups excluding carboxylic acids is 3. The quantitative estimate of drug-likeness (QED) is 0.651. The number of hydrazone groups is 1. The number of ether oxygens (including phenoxy) is 1. The molecule has 1 aliphatic heterocycles. The van der Waals surface area contributed by atoms with Gasteiger partial charge in [-0.1, -0.05) is 32.9 Å². The number of anilines is 2. The van der Waals surface area contributed by atoms with Crippen LogP contribution in [0.3, 0.4) is 0 Å². The fraction of sp³-hybridized carbons (Fsp3) is 0.333. The van der Waals surface area contributed by atoms with Gasteiger partial charge in [-0.25, -0.2) is 9.18 Å². The third-order valence-electron chi connectivity index (χ3n) is 5.24. The van der Waals surface area contributed by atoms with E-state index in [1.165, 1.54) is 36.2 Å². The minimum absolute atomic E-state index is 0.0159. The molecule has 2 aromatic carbocycles. The van der Waals surface area contributed by atoms with Crippen molar-refractivity contribution in [2.45, 2.75) is 51.7 Å². The van der Waals surface area contributed by atoms with Crippen LogP contribution in [0, 0.1) is 5.82 Å². The smallest absolute Gasteiger partial charge is 0.355 e. The Morgan fingerprint density at radius 3 is 2.27 bits per heavy atom. The lowest BCUT2D eigenvalue weighted by molar-refractivity contribution is -0.146. The van der Waals surface area contributed by atoms with Crippen LogP contribution in [-0.4, -0.2) is 35.6 Å². The maximum Gasteiger partial charge on any atom is 0.355 e. The first-order valence-electron chi connectivity index (χ1n) is 10.5. The number of amides is 2. The van der Waals surface area contributed by atoms with Crippen molar-refractivity contribution in [3.05, 3.63) is 59.9 Å². The standard InChI is InChI=1S/C24H27FN4O4/c1-14(22(31)27-17-9-5-15(6-10-17)24(2,3)4)33-23(32)19-13-20(21(26)30)29(28-19)18-11-7-16(25)8-12-18/h5-12,14,20H,13H2,1-4H3,(H2,26,30)(H,27,31)/t14-,20+/m0/s1. The molecule has 2 amide bonds. The summed E-state index contributed by atoms with van der Waals surface area (Å²) in [6.45, 7) is 7.71. The van der Waals surface area contributed by atoms with Gasteiger partial charge in [-0.05, 0) is 54.3 Å². The molecule has 9 heteroatoms. The van der Waals surface area contributed by atoms with Gasteiger partial charge in [-0.15, -0.1) is 0 Å². The van der Waals surface area contributed by atoms with Crippen LogP contribution < -0.4 is 16.1 Å². The molecule has 0 saturated heterocycles. The van der Waals surface area contributed by atoms with E-state index in [1.807, 2.05) is 12.1 Å². The number of carbonyl (C=O) groups is 3. The van der Waals surface area contributed by atoms with E-state index in [1.54, 1.807) is 12.1 Å². The third-order valence-corrected chi connectivity index (χ3v) is 5.24. The number of hydrogen-bond donors (Lipinski definition) is 2. The summed E-state index contributed by atoms with van der Waals surface area (Å²) in [6, 6.07) is 11.7. The Morgan fingerprint density at radius 2 is 1.73 bits per heavy atom. The summed E-state index contributed by atoms with van der Waals surface area (Å²) in [5.41, 5.74) is 7.46. The molecule has 0 fully saturated rings. The highest BCUT2D eigenvalue weighted by Crippen LogP contribution is 2.26. The molecule has 0 saturated carbocycles. The number of esters is 1. The zero-order valence-electron chi connectivity index (χ0n) is 19.0. The molecule has 0 unspecified atom stereocenters. The van der Waals surface area contributed by atoms with E-state index in [2.05, 4.69) is 31.2 Å². The molecule has 3 rings (SSSR count). The zero-order valence-corrected chi connectivity index (χ0v) is 19.0. The second-order valence-corrected chi connectivity index (χ2v) is 8.85. The molecule has 8 nitrogen and oxygen atoms in total. The molecule has 0 aliphatic carbocycles. The molecule has 2 atom stereocenters. The summed E-state index contributed by atoms with van der Waals surface area (Å²) in [7, 11) is 0. The Kier molecular flexibility index (Phi) is 6.81. The number of hydrogen-bond acceptors (Lipinski definition) is 6. The molecule has 2 aromatic rings. The maximum absolute atomic E-state index is 13.2. The fourth-order valence-corrected chi connectivity index (χ4v) is 3.27. The highest BCUT2D eigenvalue weighted by molar-refractivity contribution is 6.38. The number of primary amides is 1. The van der Waals surface area contributed by atoms with E-state index >= 15 is 0 Å². The van der Waals surface area contributed by atoms with Crippen molar-refractivity contribution in [1.82, 2.24) is 0 Å². The molecule has 1 heterocycles. The number of rotatable bonds is 6. The van der Waals surface area contributed by atoms with E-state index in [4.69, 9.17) is 10.5 Å². The first-order chi connectivity index (χ1) is 15.5. The number of halogens is 1. The predicted molar refractivity (Wildman–Crippen MR) is 123 cm³/mol. The van der Waals surface area contributed by atoms with E-state index in [0.29, 0.717) is 11.4 Å². The van der Waals surface area contributed by atoms with Crippen molar-refractivity contribution < 1.29 is 23.5 Å². The van der Waals surface area contributed by atoms with Gasteiger partial charge in [0.15, 0.2) is 6.10 Å². The second-order valence-electron chi connectivity index (χ2n) is 8.85. The number of nitrogens with two attached hydrogens (primary N) is 1. The molecule has 0 aromatic heterocycles. The van der Waals surface area contributed by atoms with Crippen LogP contribution in [0.15, 0.2) is 53.6 Å². The fourth-order valence-electron chi connectivity index (χ4n) is 3.27. The molecule has 0 bridgehead atoms. The van der Waals surface area contributed by atoms with E-state index in [-0.39, 0.29) is 17.5 Å². The minimum Gasteiger partial charge on any atom is -0.448 e. The van der Waals surface area contributed by atoms with Crippen molar-refractivity contribution in [2.24, 2.45) is 10.8 Å². The van der Waals surface area contributed by atoms with Crippen LogP contribution in [0.1, 0.15) is 39.7 Å². The van der Waals surface area contributed by atoms with Gasteiger partial charge < -0.3 is 15.8 Å². The topological polar surface area (TPSA) is 114 Å². The van der Waals surface area contributed by atoms with Gasteiger partial charge in [-0.2, -0.15) is 5.10 Å². The van der Waals surface area contributed by atoms with Crippen molar-refractivity contribution in [2.75, 3.05) is 10.3 Å². The summed E-state index contributed by atoms with van der Waals surface area (Å²) >= 11 is 0. The Labute approximate surface area is 191 Å². The van der Waals surface area contributed by atoms with Gasteiger partial charge in [0.05, 0.1) is 5.69 Å². The van der Waals surface area contributed by atoms with Gasteiger partial charge in [0.1, 0.15) is 17.6 Å². The van der Waals surface area contributed by atoms with Gasteiger partial charge >= 0.3 is 5.97 Å². The SMILES string of the molecule is C[C@H](OC(=O)C1=NN(c2ccc(F)cc2)[C@@H](C(N)=O)C1)C(=O)Nc1ccc(C(C)(C)C)cc1. The van der Waals surface area contributed by atoms with Gasteiger partial charge in [-0.3, -0.25) is 14.6 Å². The highest BCUT2D eigenvalue weighted by atomic mass is 19.1. The number of benzene rings is 2. The maximum atomic E-state index is 13.2. The zero-order chi connectivity index (χ0) is 24.3. The van der Waals surface area contributed by atoms with E-state index in [9.17, 15) is 18.8 Å². The van der Waals surface area contributed by atoms with Crippen molar-refractivity contribution in [3.8, 4) is 0 Å². The first kappa shape index (κ1) is 23.9. The summed E-state index contributed by atoms with van der Waals surface area (Å²) in [4.78, 5) is 36.9. The van der Waals surface area contributed by atoms with Crippen LogP contribution in [0.5, 0.6) is 0 Å². The normalized spacial score (nSPS) is 16.7. The number of nitrogens with zero attached hydrogens (tertiary/aromatic N) is 2. The summed E-state index contributed by atoms with van der Waals surface area (Å²) in [5.74, 6) is -2.50. The van der Waals surface area contributed by atoms with Crippen molar-refractivity contribution in [1.29, 1.82) is 0 Å². The molecule has 0 spiro atoms. The van der Waals surface area contributed by atoms with Crippen LogP contribution in [0.4, 0.5) is 15.8 Å². The van der Waals surface area contributed by atoms with E-state index in [0.717, 1.165) is 5.56 Å². The third kappa shape index (κ3) is 5.74. The van der Waals surface area contributed by atoms with E-state index < -0.39 is 35.7 Å². The van der Waals surface area contributed by atoms with Crippen LogP contribution in [-0.2, 0) is 24.5 Å². The Bertz CT molecular complexity index is 1080.